The summed E-state index contributed by atoms with van der Waals surface area (Å²) in [6.07, 6.45) is 0.884. The van der Waals surface area contributed by atoms with Crippen molar-refractivity contribution in [2.75, 3.05) is 19.0 Å². The third kappa shape index (κ3) is 3.72. The lowest BCUT2D eigenvalue weighted by atomic mass is 10.4. The van der Waals surface area contributed by atoms with Crippen molar-refractivity contribution in [2.24, 2.45) is 0 Å². The van der Waals surface area contributed by atoms with E-state index in [-0.39, 0.29) is 5.91 Å². The van der Waals surface area contributed by atoms with Crippen LogP contribution in [-0.4, -0.2) is 29.8 Å². The smallest absolute Gasteiger partial charge is 0.219 e. The maximum atomic E-state index is 10.8. The number of carbonyl (C=O) groups is 1. The molecule has 0 radical (unpaired) electrons. The van der Waals surface area contributed by atoms with Crippen molar-refractivity contribution >= 4 is 17.5 Å². The molecule has 0 aromatic rings. The predicted molar refractivity (Wildman–Crippen MR) is 43.3 cm³/mol. The van der Waals surface area contributed by atoms with Crippen molar-refractivity contribution < 1.29 is 4.79 Å². The lowest BCUT2D eigenvalue weighted by Gasteiger charge is -2.17. The standard InChI is InChI=1S/C7H14ClNO/c1-3-9(7(2)10)6-4-5-8/h3-6H2,1-2H3. The molecular formula is C7H14ClNO. The van der Waals surface area contributed by atoms with Crippen molar-refractivity contribution in [1.82, 2.24) is 4.90 Å². The Morgan fingerprint density at radius 3 is 2.50 bits per heavy atom. The first kappa shape index (κ1) is 9.76. The highest BCUT2D eigenvalue weighted by atomic mass is 35.5. The summed E-state index contributed by atoms with van der Waals surface area (Å²) in [5, 5.41) is 0. The molecule has 2 nitrogen and oxygen atoms in total. The van der Waals surface area contributed by atoms with Crippen molar-refractivity contribution in [3.63, 3.8) is 0 Å². The minimum absolute atomic E-state index is 0.132. The quantitative estimate of drug-likeness (QED) is 0.575. The molecule has 0 aromatic heterocycles. The topological polar surface area (TPSA) is 20.3 Å². The zero-order valence-electron chi connectivity index (χ0n) is 6.56. The number of carbonyl (C=O) groups excluding carboxylic acids is 1. The molecule has 0 saturated carbocycles. The second-order valence-corrected chi connectivity index (χ2v) is 2.52. The van der Waals surface area contributed by atoms with Gasteiger partial charge in [-0.05, 0) is 13.3 Å². The van der Waals surface area contributed by atoms with Gasteiger partial charge in [0.25, 0.3) is 0 Å². The minimum Gasteiger partial charge on any atom is -0.343 e. The van der Waals surface area contributed by atoms with Crippen LogP contribution in [0.1, 0.15) is 20.3 Å². The van der Waals surface area contributed by atoms with Crippen LogP contribution in [0.2, 0.25) is 0 Å². The van der Waals surface area contributed by atoms with Gasteiger partial charge in [-0.3, -0.25) is 4.79 Å². The number of rotatable bonds is 4. The van der Waals surface area contributed by atoms with E-state index in [1.165, 1.54) is 0 Å². The molecule has 0 spiro atoms. The number of alkyl halides is 1. The van der Waals surface area contributed by atoms with E-state index in [2.05, 4.69) is 0 Å². The largest absolute Gasteiger partial charge is 0.343 e. The number of amides is 1. The molecule has 1 amide bonds. The van der Waals surface area contributed by atoms with E-state index in [1.54, 1.807) is 11.8 Å². The summed E-state index contributed by atoms with van der Waals surface area (Å²) in [7, 11) is 0. The average Bonchev–Trinajstić information content (AvgIpc) is 1.89. The van der Waals surface area contributed by atoms with E-state index in [4.69, 9.17) is 11.6 Å². The van der Waals surface area contributed by atoms with Crippen molar-refractivity contribution in [3.05, 3.63) is 0 Å². The summed E-state index contributed by atoms with van der Waals surface area (Å²) < 4.78 is 0. The fourth-order valence-electron chi connectivity index (χ4n) is 0.789. The van der Waals surface area contributed by atoms with Crippen LogP contribution < -0.4 is 0 Å². The lowest BCUT2D eigenvalue weighted by Crippen LogP contribution is -2.29. The Morgan fingerprint density at radius 2 is 2.20 bits per heavy atom. The second kappa shape index (κ2) is 5.54. The monoisotopic (exact) mass is 163 g/mol. The van der Waals surface area contributed by atoms with Gasteiger partial charge in [0.05, 0.1) is 0 Å². The molecule has 60 valence electrons. The Hall–Kier alpha value is -0.240. The summed E-state index contributed by atoms with van der Waals surface area (Å²) in [4.78, 5) is 12.5. The molecule has 0 atom stereocenters. The van der Waals surface area contributed by atoms with E-state index < -0.39 is 0 Å². The van der Waals surface area contributed by atoms with Gasteiger partial charge in [0, 0.05) is 25.9 Å². The maximum Gasteiger partial charge on any atom is 0.219 e. The number of halogens is 1. The molecule has 0 aliphatic rings. The van der Waals surface area contributed by atoms with Gasteiger partial charge in [0.1, 0.15) is 0 Å². The Kier molecular flexibility index (Phi) is 5.40. The Morgan fingerprint density at radius 1 is 1.60 bits per heavy atom. The van der Waals surface area contributed by atoms with Crippen LogP contribution >= 0.6 is 11.6 Å². The fourth-order valence-corrected chi connectivity index (χ4v) is 0.908. The fraction of sp³-hybridized carbons (Fsp3) is 0.857. The highest BCUT2D eigenvalue weighted by Gasteiger charge is 2.02. The first-order chi connectivity index (χ1) is 4.72. The summed E-state index contributed by atoms with van der Waals surface area (Å²) >= 11 is 5.47. The first-order valence-electron chi connectivity index (χ1n) is 3.53. The second-order valence-electron chi connectivity index (χ2n) is 2.14. The molecule has 3 heteroatoms. The maximum absolute atomic E-state index is 10.8. The zero-order valence-corrected chi connectivity index (χ0v) is 7.32. The van der Waals surface area contributed by atoms with Crippen LogP contribution in [0.25, 0.3) is 0 Å². The Labute approximate surface area is 67.2 Å². The molecule has 0 aliphatic carbocycles. The number of hydrogen-bond donors (Lipinski definition) is 0. The number of hydrogen-bond acceptors (Lipinski definition) is 1. The first-order valence-corrected chi connectivity index (χ1v) is 4.07. The van der Waals surface area contributed by atoms with Crippen molar-refractivity contribution in [1.29, 1.82) is 0 Å². The highest BCUT2D eigenvalue weighted by molar-refractivity contribution is 6.17. The molecule has 0 heterocycles. The van der Waals surface area contributed by atoms with Crippen LogP contribution in [0.5, 0.6) is 0 Å². The molecular weight excluding hydrogens is 150 g/mol. The third-order valence-corrected chi connectivity index (χ3v) is 1.66. The lowest BCUT2D eigenvalue weighted by molar-refractivity contribution is -0.128. The van der Waals surface area contributed by atoms with Crippen LogP contribution in [0.3, 0.4) is 0 Å². The van der Waals surface area contributed by atoms with E-state index >= 15 is 0 Å². The normalized spacial score (nSPS) is 9.50. The van der Waals surface area contributed by atoms with Gasteiger partial charge in [-0.2, -0.15) is 0 Å². The van der Waals surface area contributed by atoms with Gasteiger partial charge in [0.15, 0.2) is 0 Å². The number of nitrogens with zero attached hydrogens (tertiary/aromatic N) is 1. The Balaban J connectivity index is 3.50. The SMILES string of the molecule is CCN(CCCCl)C(C)=O. The van der Waals surface area contributed by atoms with E-state index in [0.717, 1.165) is 19.5 Å². The van der Waals surface area contributed by atoms with Crippen LogP contribution in [-0.2, 0) is 4.79 Å². The summed E-state index contributed by atoms with van der Waals surface area (Å²) in [6.45, 7) is 5.12. The molecule has 0 saturated heterocycles. The van der Waals surface area contributed by atoms with Gasteiger partial charge in [-0.15, -0.1) is 11.6 Å². The molecule has 0 fully saturated rings. The van der Waals surface area contributed by atoms with Crippen LogP contribution in [0.15, 0.2) is 0 Å². The summed E-state index contributed by atoms with van der Waals surface area (Å²) in [5.74, 6) is 0.761. The van der Waals surface area contributed by atoms with Crippen molar-refractivity contribution in [3.8, 4) is 0 Å². The van der Waals surface area contributed by atoms with Crippen LogP contribution in [0.4, 0.5) is 0 Å². The summed E-state index contributed by atoms with van der Waals surface area (Å²) in [6, 6.07) is 0. The van der Waals surface area contributed by atoms with E-state index in [1.807, 2.05) is 6.92 Å². The zero-order chi connectivity index (χ0) is 7.98. The third-order valence-electron chi connectivity index (χ3n) is 1.39. The molecule has 0 N–H and O–H groups in total. The van der Waals surface area contributed by atoms with Gasteiger partial charge in [-0.25, -0.2) is 0 Å². The summed E-state index contributed by atoms with van der Waals surface area (Å²) in [5.41, 5.74) is 0. The molecule has 0 aromatic carbocycles. The average molecular weight is 164 g/mol. The molecule has 0 rings (SSSR count). The molecule has 10 heavy (non-hydrogen) atoms. The molecule has 0 bridgehead atoms. The van der Waals surface area contributed by atoms with Crippen LogP contribution in [0, 0.1) is 0 Å². The predicted octanol–water partition coefficient (Wildman–Crippen LogP) is 1.48. The van der Waals surface area contributed by atoms with Gasteiger partial charge in [-0.1, -0.05) is 0 Å². The molecule has 0 aliphatic heterocycles. The van der Waals surface area contributed by atoms with Gasteiger partial charge >= 0.3 is 0 Å². The van der Waals surface area contributed by atoms with Gasteiger partial charge < -0.3 is 4.90 Å². The molecule has 0 unspecified atom stereocenters. The van der Waals surface area contributed by atoms with Gasteiger partial charge in [0.2, 0.25) is 5.91 Å². The van der Waals surface area contributed by atoms with E-state index in [0.29, 0.717) is 5.88 Å². The highest BCUT2D eigenvalue weighted by Crippen LogP contribution is 1.93. The van der Waals surface area contributed by atoms with E-state index in [9.17, 15) is 4.79 Å². The van der Waals surface area contributed by atoms with Crippen molar-refractivity contribution in [2.45, 2.75) is 20.3 Å². The Bertz CT molecular complexity index is 106. The minimum atomic E-state index is 0.132.